The van der Waals surface area contributed by atoms with E-state index in [9.17, 15) is 5.11 Å². The number of fused-ring (bicyclic) bond motifs is 1. The summed E-state index contributed by atoms with van der Waals surface area (Å²) in [6.07, 6.45) is 0. The minimum Gasteiger partial charge on any atom is -0.507 e. The van der Waals surface area contributed by atoms with Crippen molar-refractivity contribution in [3.05, 3.63) is 40.4 Å². The quantitative estimate of drug-likeness (QED) is 0.741. The van der Waals surface area contributed by atoms with Crippen LogP contribution in [0.2, 0.25) is 0 Å². The molecule has 0 aliphatic rings. The largest absolute Gasteiger partial charge is 0.507 e. The highest BCUT2D eigenvalue weighted by atomic mass is 79.9. The molecule has 0 spiro atoms. The zero-order valence-electron chi connectivity index (χ0n) is 7.21. The van der Waals surface area contributed by atoms with Gasteiger partial charge in [0, 0.05) is 9.86 Å². The molecule has 0 unspecified atom stereocenters. The van der Waals surface area contributed by atoms with E-state index < -0.39 is 0 Å². The molecule has 13 heavy (non-hydrogen) atoms. The maximum atomic E-state index is 9.66. The molecule has 0 aliphatic carbocycles. The fraction of sp³-hybridized carbons (Fsp3) is 0.0909. The van der Waals surface area contributed by atoms with Gasteiger partial charge in [0.15, 0.2) is 0 Å². The number of hydrogen-bond donors (Lipinski definition) is 1. The van der Waals surface area contributed by atoms with Gasteiger partial charge in [-0.05, 0) is 39.9 Å². The molecule has 2 aromatic rings. The Bertz CT molecular complexity index is 463. The first-order valence-electron chi connectivity index (χ1n) is 4.07. The minimum atomic E-state index is 0.344. The molecule has 0 bridgehead atoms. The van der Waals surface area contributed by atoms with Crippen LogP contribution in [0.1, 0.15) is 5.56 Å². The fourth-order valence-electron chi connectivity index (χ4n) is 1.46. The summed E-state index contributed by atoms with van der Waals surface area (Å²) >= 11 is 3.50. The Labute approximate surface area is 85.1 Å². The van der Waals surface area contributed by atoms with Crippen LogP contribution in [0.5, 0.6) is 5.75 Å². The van der Waals surface area contributed by atoms with Crippen molar-refractivity contribution in [2.45, 2.75) is 6.92 Å². The van der Waals surface area contributed by atoms with Gasteiger partial charge < -0.3 is 5.11 Å². The molecule has 1 nitrogen and oxygen atoms in total. The average molecular weight is 237 g/mol. The number of hydrogen-bond acceptors (Lipinski definition) is 1. The summed E-state index contributed by atoms with van der Waals surface area (Å²) < 4.78 is 1.06. The van der Waals surface area contributed by atoms with Crippen LogP contribution in [-0.4, -0.2) is 5.11 Å². The Morgan fingerprint density at radius 3 is 2.46 bits per heavy atom. The summed E-state index contributed by atoms with van der Waals surface area (Å²) in [5.41, 5.74) is 1.05. The van der Waals surface area contributed by atoms with Crippen molar-refractivity contribution in [1.29, 1.82) is 0 Å². The fourth-order valence-corrected chi connectivity index (χ4v) is 1.92. The van der Waals surface area contributed by atoms with Crippen LogP contribution in [0.25, 0.3) is 10.8 Å². The second-order valence-electron chi connectivity index (χ2n) is 3.07. The Hall–Kier alpha value is -1.02. The van der Waals surface area contributed by atoms with Gasteiger partial charge in [-0.25, -0.2) is 0 Å². The van der Waals surface area contributed by atoms with Crippen molar-refractivity contribution in [2.75, 3.05) is 0 Å². The van der Waals surface area contributed by atoms with Gasteiger partial charge in [-0.1, -0.05) is 24.3 Å². The monoisotopic (exact) mass is 236 g/mol. The van der Waals surface area contributed by atoms with Crippen LogP contribution < -0.4 is 0 Å². The number of benzene rings is 2. The number of aromatic hydroxyl groups is 1. The molecular weight excluding hydrogens is 228 g/mol. The Morgan fingerprint density at radius 2 is 1.77 bits per heavy atom. The molecule has 2 aromatic carbocycles. The van der Waals surface area contributed by atoms with Crippen LogP contribution in [0.3, 0.4) is 0 Å². The van der Waals surface area contributed by atoms with Gasteiger partial charge in [0.1, 0.15) is 5.75 Å². The number of phenolic OH excluding ortho intramolecular Hbond substituents is 1. The molecule has 0 amide bonds. The number of phenols is 1. The highest BCUT2D eigenvalue weighted by Gasteiger charge is 2.05. The molecule has 0 fully saturated rings. The van der Waals surface area contributed by atoms with Gasteiger partial charge in [-0.2, -0.15) is 0 Å². The molecule has 0 aliphatic heterocycles. The third-order valence-electron chi connectivity index (χ3n) is 2.14. The highest BCUT2D eigenvalue weighted by molar-refractivity contribution is 9.10. The average Bonchev–Trinajstić information content (AvgIpc) is 2.15. The lowest BCUT2D eigenvalue weighted by Gasteiger charge is -2.05. The van der Waals surface area contributed by atoms with Crippen LogP contribution >= 0.6 is 15.9 Å². The Balaban J connectivity index is 2.97. The topological polar surface area (TPSA) is 20.2 Å². The van der Waals surface area contributed by atoms with Crippen LogP contribution in [-0.2, 0) is 0 Å². The lowest BCUT2D eigenvalue weighted by molar-refractivity contribution is 0.481. The van der Waals surface area contributed by atoms with E-state index in [1.54, 1.807) is 6.07 Å². The summed E-state index contributed by atoms with van der Waals surface area (Å²) in [5.74, 6) is 0.344. The SMILES string of the molecule is Cc1cc(O)c2ccccc2c1Br. The third-order valence-corrected chi connectivity index (χ3v) is 3.19. The van der Waals surface area contributed by atoms with Gasteiger partial charge in [-0.15, -0.1) is 0 Å². The van der Waals surface area contributed by atoms with Gasteiger partial charge in [0.25, 0.3) is 0 Å². The van der Waals surface area contributed by atoms with E-state index in [2.05, 4.69) is 15.9 Å². The molecule has 2 rings (SSSR count). The van der Waals surface area contributed by atoms with E-state index >= 15 is 0 Å². The first-order chi connectivity index (χ1) is 6.20. The summed E-state index contributed by atoms with van der Waals surface area (Å²) in [7, 11) is 0. The van der Waals surface area contributed by atoms with Crippen LogP contribution in [0.15, 0.2) is 34.8 Å². The minimum absolute atomic E-state index is 0.344. The first kappa shape index (κ1) is 8.57. The maximum Gasteiger partial charge on any atom is 0.123 e. The van der Waals surface area contributed by atoms with E-state index in [1.807, 2.05) is 31.2 Å². The number of aryl methyl sites for hydroxylation is 1. The molecule has 0 aromatic heterocycles. The highest BCUT2D eigenvalue weighted by Crippen LogP contribution is 2.33. The van der Waals surface area contributed by atoms with Crippen LogP contribution in [0.4, 0.5) is 0 Å². The second kappa shape index (κ2) is 3.04. The number of halogens is 1. The van der Waals surface area contributed by atoms with Gasteiger partial charge in [-0.3, -0.25) is 0 Å². The molecule has 0 atom stereocenters. The predicted molar refractivity (Wildman–Crippen MR) is 58.0 cm³/mol. The third kappa shape index (κ3) is 1.31. The zero-order valence-corrected chi connectivity index (χ0v) is 8.80. The maximum absolute atomic E-state index is 9.66. The molecule has 0 heterocycles. The first-order valence-corrected chi connectivity index (χ1v) is 4.86. The summed E-state index contributed by atoms with van der Waals surface area (Å²) in [5, 5.41) is 11.6. The van der Waals surface area contributed by atoms with E-state index in [0.717, 1.165) is 20.8 Å². The summed E-state index contributed by atoms with van der Waals surface area (Å²) in [4.78, 5) is 0. The molecule has 1 N–H and O–H groups in total. The Kier molecular flexibility index (Phi) is 2.00. The van der Waals surface area contributed by atoms with E-state index in [4.69, 9.17) is 0 Å². The molecule has 0 saturated carbocycles. The molecule has 0 radical (unpaired) electrons. The Morgan fingerprint density at radius 1 is 1.15 bits per heavy atom. The van der Waals surface area contributed by atoms with E-state index in [-0.39, 0.29) is 0 Å². The van der Waals surface area contributed by atoms with E-state index in [1.165, 1.54) is 0 Å². The van der Waals surface area contributed by atoms with Crippen molar-refractivity contribution < 1.29 is 5.11 Å². The lowest BCUT2D eigenvalue weighted by atomic mass is 10.1. The number of rotatable bonds is 0. The normalized spacial score (nSPS) is 10.6. The van der Waals surface area contributed by atoms with Gasteiger partial charge in [0.2, 0.25) is 0 Å². The van der Waals surface area contributed by atoms with E-state index in [0.29, 0.717) is 5.75 Å². The van der Waals surface area contributed by atoms with Crippen molar-refractivity contribution in [3.8, 4) is 5.75 Å². The standard InChI is InChI=1S/C11H9BrO/c1-7-6-10(13)8-4-2-3-5-9(8)11(7)12/h2-6,13H,1H3. The van der Waals surface area contributed by atoms with Gasteiger partial charge in [0.05, 0.1) is 0 Å². The lowest BCUT2D eigenvalue weighted by Crippen LogP contribution is -1.80. The van der Waals surface area contributed by atoms with Crippen molar-refractivity contribution in [1.82, 2.24) is 0 Å². The van der Waals surface area contributed by atoms with Gasteiger partial charge >= 0.3 is 0 Å². The summed E-state index contributed by atoms with van der Waals surface area (Å²) in [6.45, 7) is 1.97. The molecule has 2 heteroatoms. The molecule has 0 saturated heterocycles. The van der Waals surface area contributed by atoms with Crippen molar-refractivity contribution in [3.63, 3.8) is 0 Å². The molecular formula is C11H9BrO. The second-order valence-corrected chi connectivity index (χ2v) is 3.87. The summed E-state index contributed by atoms with van der Waals surface area (Å²) in [6, 6.07) is 9.56. The smallest absolute Gasteiger partial charge is 0.123 e. The zero-order chi connectivity index (χ0) is 9.42. The predicted octanol–water partition coefficient (Wildman–Crippen LogP) is 3.62. The molecule has 66 valence electrons. The van der Waals surface area contributed by atoms with Crippen molar-refractivity contribution in [2.24, 2.45) is 0 Å². The van der Waals surface area contributed by atoms with Crippen molar-refractivity contribution >= 4 is 26.7 Å². The van der Waals surface area contributed by atoms with Crippen LogP contribution in [0, 0.1) is 6.92 Å².